The Bertz CT molecular complexity index is 641. The zero-order chi connectivity index (χ0) is 13.9. The lowest BCUT2D eigenvalue weighted by Gasteiger charge is -2.06. The first kappa shape index (κ1) is 12.9. The zero-order valence-electron chi connectivity index (χ0n) is 11.5. The highest BCUT2D eigenvalue weighted by molar-refractivity contribution is 5.83. The van der Waals surface area contributed by atoms with E-state index in [-0.39, 0.29) is 5.82 Å². The summed E-state index contributed by atoms with van der Waals surface area (Å²) in [5.41, 5.74) is 4.94. The van der Waals surface area contributed by atoms with E-state index in [4.69, 9.17) is 4.74 Å². The molecule has 0 heterocycles. The van der Waals surface area contributed by atoms with E-state index in [2.05, 4.69) is 18.2 Å². The quantitative estimate of drug-likeness (QED) is 0.766. The Kier molecular flexibility index (Phi) is 3.55. The lowest BCUT2D eigenvalue weighted by molar-refractivity contribution is 0.414. The molecule has 102 valence electrons. The molecule has 0 aliphatic heterocycles. The first-order chi connectivity index (χ1) is 9.76. The molecule has 0 unspecified atom stereocenters. The highest BCUT2D eigenvalue weighted by Crippen LogP contribution is 2.31. The number of halogens is 1. The van der Waals surface area contributed by atoms with Crippen molar-refractivity contribution < 1.29 is 9.13 Å². The molecular formula is C18H17FO. The molecule has 1 aliphatic rings. The number of aryl methyl sites for hydroxylation is 1. The van der Waals surface area contributed by atoms with Gasteiger partial charge < -0.3 is 4.74 Å². The molecule has 0 atom stereocenters. The van der Waals surface area contributed by atoms with Gasteiger partial charge in [-0.2, -0.15) is 0 Å². The minimum atomic E-state index is -0.187. The van der Waals surface area contributed by atoms with Crippen LogP contribution in [-0.2, 0) is 6.42 Å². The molecule has 2 heteroatoms. The SMILES string of the molecule is COc1ccc2c(c1)CCCC(c1ccc(F)cc1)=C2. The first-order valence-electron chi connectivity index (χ1n) is 6.90. The maximum Gasteiger partial charge on any atom is 0.123 e. The third-order valence-corrected chi connectivity index (χ3v) is 3.79. The van der Waals surface area contributed by atoms with E-state index in [1.165, 1.54) is 28.8 Å². The summed E-state index contributed by atoms with van der Waals surface area (Å²) < 4.78 is 18.3. The van der Waals surface area contributed by atoms with Crippen molar-refractivity contribution in [3.05, 3.63) is 65.0 Å². The molecule has 1 nitrogen and oxygen atoms in total. The van der Waals surface area contributed by atoms with Crippen LogP contribution in [-0.4, -0.2) is 7.11 Å². The number of hydrogen-bond donors (Lipinski definition) is 0. The van der Waals surface area contributed by atoms with Gasteiger partial charge in [0.15, 0.2) is 0 Å². The number of methoxy groups -OCH3 is 1. The van der Waals surface area contributed by atoms with Crippen molar-refractivity contribution in [2.75, 3.05) is 7.11 Å². The first-order valence-corrected chi connectivity index (χ1v) is 6.90. The Labute approximate surface area is 118 Å². The largest absolute Gasteiger partial charge is 0.497 e. The summed E-state index contributed by atoms with van der Waals surface area (Å²) in [5, 5.41) is 0. The fourth-order valence-corrected chi connectivity index (χ4v) is 2.69. The highest BCUT2D eigenvalue weighted by Gasteiger charge is 2.11. The van der Waals surface area contributed by atoms with Crippen molar-refractivity contribution in [3.63, 3.8) is 0 Å². The Morgan fingerprint density at radius 3 is 2.55 bits per heavy atom. The molecule has 2 aromatic rings. The molecular weight excluding hydrogens is 251 g/mol. The van der Waals surface area contributed by atoms with E-state index in [1.54, 1.807) is 7.11 Å². The topological polar surface area (TPSA) is 9.23 Å². The molecule has 3 rings (SSSR count). The average molecular weight is 268 g/mol. The van der Waals surface area contributed by atoms with Crippen LogP contribution in [0.1, 0.15) is 29.5 Å². The fraction of sp³-hybridized carbons (Fsp3) is 0.222. The van der Waals surface area contributed by atoms with Crippen LogP contribution >= 0.6 is 0 Å². The van der Waals surface area contributed by atoms with Crippen molar-refractivity contribution in [1.29, 1.82) is 0 Å². The molecule has 0 saturated heterocycles. The van der Waals surface area contributed by atoms with Gasteiger partial charge in [0.05, 0.1) is 7.11 Å². The predicted molar refractivity (Wildman–Crippen MR) is 80.2 cm³/mol. The molecule has 0 saturated carbocycles. The van der Waals surface area contributed by atoms with Crippen LogP contribution in [0.15, 0.2) is 42.5 Å². The van der Waals surface area contributed by atoms with Crippen LogP contribution in [0.4, 0.5) is 4.39 Å². The summed E-state index contributed by atoms with van der Waals surface area (Å²) in [6, 6.07) is 13.0. The van der Waals surface area contributed by atoms with Crippen LogP contribution in [0.5, 0.6) is 5.75 Å². The Morgan fingerprint density at radius 2 is 1.80 bits per heavy atom. The van der Waals surface area contributed by atoms with Crippen molar-refractivity contribution >= 4 is 11.6 Å². The van der Waals surface area contributed by atoms with Gasteiger partial charge in [-0.05, 0) is 65.8 Å². The van der Waals surface area contributed by atoms with E-state index in [0.717, 1.165) is 30.6 Å². The van der Waals surface area contributed by atoms with Gasteiger partial charge in [0.2, 0.25) is 0 Å². The minimum absolute atomic E-state index is 0.187. The number of benzene rings is 2. The number of allylic oxidation sites excluding steroid dienone is 1. The number of hydrogen-bond acceptors (Lipinski definition) is 1. The molecule has 0 fully saturated rings. The van der Waals surface area contributed by atoms with Crippen molar-refractivity contribution in [1.82, 2.24) is 0 Å². The van der Waals surface area contributed by atoms with Gasteiger partial charge in [-0.15, -0.1) is 0 Å². The maximum atomic E-state index is 13.0. The van der Waals surface area contributed by atoms with Gasteiger partial charge in [-0.3, -0.25) is 0 Å². The molecule has 0 spiro atoms. The van der Waals surface area contributed by atoms with Gasteiger partial charge in [0.25, 0.3) is 0 Å². The minimum Gasteiger partial charge on any atom is -0.497 e. The maximum absolute atomic E-state index is 13.0. The number of ether oxygens (including phenoxy) is 1. The van der Waals surface area contributed by atoms with E-state index in [1.807, 2.05) is 18.2 Å². The second-order valence-electron chi connectivity index (χ2n) is 5.09. The molecule has 1 aliphatic carbocycles. The highest BCUT2D eigenvalue weighted by atomic mass is 19.1. The molecule has 0 bridgehead atoms. The van der Waals surface area contributed by atoms with E-state index in [0.29, 0.717) is 0 Å². The van der Waals surface area contributed by atoms with Crippen molar-refractivity contribution in [2.24, 2.45) is 0 Å². The summed E-state index contributed by atoms with van der Waals surface area (Å²) in [7, 11) is 1.69. The number of fused-ring (bicyclic) bond motifs is 1. The fourth-order valence-electron chi connectivity index (χ4n) is 2.69. The van der Waals surface area contributed by atoms with E-state index < -0.39 is 0 Å². The van der Waals surface area contributed by atoms with E-state index >= 15 is 0 Å². The second-order valence-corrected chi connectivity index (χ2v) is 5.09. The Balaban J connectivity index is 2.00. The Morgan fingerprint density at radius 1 is 1.00 bits per heavy atom. The molecule has 0 aromatic heterocycles. The van der Waals surface area contributed by atoms with Crippen LogP contribution < -0.4 is 4.74 Å². The van der Waals surface area contributed by atoms with Crippen LogP contribution in [0.2, 0.25) is 0 Å². The van der Waals surface area contributed by atoms with Gasteiger partial charge in [-0.1, -0.05) is 24.3 Å². The smallest absolute Gasteiger partial charge is 0.123 e. The van der Waals surface area contributed by atoms with Crippen LogP contribution in [0, 0.1) is 5.82 Å². The van der Waals surface area contributed by atoms with Crippen molar-refractivity contribution in [2.45, 2.75) is 19.3 Å². The van der Waals surface area contributed by atoms with Gasteiger partial charge in [-0.25, -0.2) is 4.39 Å². The predicted octanol–water partition coefficient (Wildman–Crippen LogP) is 4.71. The lowest BCUT2D eigenvalue weighted by Crippen LogP contribution is -1.90. The summed E-state index contributed by atoms with van der Waals surface area (Å²) in [6.45, 7) is 0. The molecule has 2 aromatic carbocycles. The third-order valence-electron chi connectivity index (χ3n) is 3.79. The molecule has 20 heavy (non-hydrogen) atoms. The normalized spacial score (nSPS) is 14.2. The standard InChI is InChI=1S/C18H17FO/c1-20-18-10-7-16-11-14(3-2-4-15(16)12-18)13-5-8-17(19)9-6-13/h5-12H,2-4H2,1H3. The van der Waals surface area contributed by atoms with Crippen LogP contribution in [0.3, 0.4) is 0 Å². The van der Waals surface area contributed by atoms with Crippen molar-refractivity contribution in [3.8, 4) is 5.75 Å². The van der Waals surface area contributed by atoms with Gasteiger partial charge >= 0.3 is 0 Å². The summed E-state index contributed by atoms with van der Waals surface area (Å²) in [5.74, 6) is 0.718. The van der Waals surface area contributed by atoms with Gasteiger partial charge in [0, 0.05) is 0 Å². The molecule has 0 N–H and O–H groups in total. The average Bonchev–Trinajstić information content (AvgIpc) is 2.69. The van der Waals surface area contributed by atoms with Gasteiger partial charge in [0.1, 0.15) is 11.6 Å². The lowest BCUT2D eigenvalue weighted by atomic mass is 10.0. The van der Waals surface area contributed by atoms with E-state index in [9.17, 15) is 4.39 Å². The molecule has 0 radical (unpaired) electrons. The third kappa shape index (κ3) is 2.60. The monoisotopic (exact) mass is 268 g/mol. The summed E-state index contributed by atoms with van der Waals surface area (Å²) in [4.78, 5) is 0. The molecule has 0 amide bonds. The zero-order valence-corrected chi connectivity index (χ0v) is 11.5. The summed E-state index contributed by atoms with van der Waals surface area (Å²) >= 11 is 0. The number of rotatable bonds is 2. The Hall–Kier alpha value is -2.09. The van der Waals surface area contributed by atoms with Crippen LogP contribution in [0.25, 0.3) is 11.6 Å². The second kappa shape index (κ2) is 5.49. The summed E-state index contributed by atoms with van der Waals surface area (Å²) in [6.07, 6.45) is 5.38.